The minimum atomic E-state index is -0.0910. The highest BCUT2D eigenvalue weighted by Crippen LogP contribution is 2.27. The molecule has 88 valence electrons. The molecule has 1 saturated carbocycles. The number of aliphatic hydroxyl groups excluding tert-OH is 1. The fraction of sp³-hybridized carbons (Fsp3) is 0.571. The Hall–Kier alpha value is -0.530. The van der Waals surface area contributed by atoms with E-state index in [2.05, 4.69) is 6.07 Å². The van der Waals surface area contributed by atoms with E-state index in [1.54, 1.807) is 0 Å². The summed E-state index contributed by atoms with van der Waals surface area (Å²) in [5.74, 6) is 0.621. The molecule has 0 radical (unpaired) electrons. The summed E-state index contributed by atoms with van der Waals surface area (Å²) in [6.07, 6.45) is 6.56. The zero-order valence-electron chi connectivity index (χ0n) is 9.53. The van der Waals surface area contributed by atoms with E-state index in [-0.39, 0.29) is 6.10 Å². The number of halogens is 1. The first-order valence-corrected chi connectivity index (χ1v) is 6.54. The molecular weight excluding hydrogens is 220 g/mol. The van der Waals surface area contributed by atoms with Gasteiger partial charge in [-0.2, -0.15) is 0 Å². The Labute approximate surface area is 102 Å². The van der Waals surface area contributed by atoms with Crippen LogP contribution in [0.3, 0.4) is 0 Å². The zero-order valence-corrected chi connectivity index (χ0v) is 10.3. The molecule has 1 N–H and O–H groups in total. The van der Waals surface area contributed by atoms with Crippen LogP contribution in [0.25, 0.3) is 0 Å². The molecular formula is C14H19ClO. The summed E-state index contributed by atoms with van der Waals surface area (Å²) in [6, 6.07) is 8.08. The minimum absolute atomic E-state index is 0.0910. The van der Waals surface area contributed by atoms with Crippen molar-refractivity contribution in [2.24, 2.45) is 5.92 Å². The highest BCUT2D eigenvalue weighted by Gasteiger charge is 2.18. The maximum atomic E-state index is 9.77. The van der Waals surface area contributed by atoms with Gasteiger partial charge in [0.15, 0.2) is 0 Å². The maximum Gasteiger partial charge on any atom is 0.0543 e. The quantitative estimate of drug-likeness (QED) is 0.777. The number of benzene rings is 1. The molecule has 0 heterocycles. The van der Waals surface area contributed by atoms with E-state index in [9.17, 15) is 5.11 Å². The minimum Gasteiger partial charge on any atom is -0.393 e. The van der Waals surface area contributed by atoms with Gasteiger partial charge in [0.25, 0.3) is 0 Å². The average molecular weight is 239 g/mol. The normalized spacial score (nSPS) is 26.4. The van der Waals surface area contributed by atoms with Gasteiger partial charge in [0.1, 0.15) is 0 Å². The van der Waals surface area contributed by atoms with Crippen LogP contribution in [0.2, 0.25) is 5.02 Å². The zero-order chi connectivity index (χ0) is 11.4. The van der Waals surface area contributed by atoms with Gasteiger partial charge in [0.05, 0.1) is 6.10 Å². The van der Waals surface area contributed by atoms with Crippen LogP contribution in [0.15, 0.2) is 24.3 Å². The summed E-state index contributed by atoms with van der Waals surface area (Å²) in [6.45, 7) is 0. The second-order valence-electron chi connectivity index (χ2n) is 4.87. The second-order valence-corrected chi connectivity index (χ2v) is 5.31. The third-order valence-corrected chi connectivity index (χ3v) is 3.65. The SMILES string of the molecule is OC1CCCCC(Cc2cccc(Cl)c2)C1. The number of hydrogen-bond acceptors (Lipinski definition) is 1. The Bertz CT molecular complexity index is 337. The molecule has 2 heteroatoms. The number of aliphatic hydroxyl groups is 1. The van der Waals surface area contributed by atoms with E-state index in [0.717, 1.165) is 24.3 Å². The van der Waals surface area contributed by atoms with Crippen molar-refractivity contribution in [1.29, 1.82) is 0 Å². The van der Waals surface area contributed by atoms with Gasteiger partial charge < -0.3 is 5.11 Å². The van der Waals surface area contributed by atoms with Crippen LogP contribution >= 0.6 is 11.6 Å². The lowest BCUT2D eigenvalue weighted by atomic mass is 9.92. The van der Waals surface area contributed by atoms with Crippen LogP contribution in [0.5, 0.6) is 0 Å². The Morgan fingerprint density at radius 2 is 2.06 bits per heavy atom. The van der Waals surface area contributed by atoms with Crippen LogP contribution in [-0.2, 0) is 6.42 Å². The van der Waals surface area contributed by atoms with Gasteiger partial charge in [-0.05, 0) is 42.9 Å². The van der Waals surface area contributed by atoms with Crippen molar-refractivity contribution in [1.82, 2.24) is 0 Å². The summed E-state index contributed by atoms with van der Waals surface area (Å²) in [4.78, 5) is 0. The molecule has 1 aliphatic carbocycles. The molecule has 1 aliphatic rings. The fourth-order valence-electron chi connectivity index (χ4n) is 2.62. The van der Waals surface area contributed by atoms with Crippen molar-refractivity contribution in [3.8, 4) is 0 Å². The molecule has 0 aromatic heterocycles. The van der Waals surface area contributed by atoms with E-state index in [1.807, 2.05) is 18.2 Å². The van der Waals surface area contributed by atoms with Crippen LogP contribution in [0, 0.1) is 5.92 Å². The summed E-state index contributed by atoms with van der Waals surface area (Å²) >= 11 is 5.97. The molecule has 1 fully saturated rings. The van der Waals surface area contributed by atoms with Crippen molar-refractivity contribution in [3.63, 3.8) is 0 Å². The second kappa shape index (κ2) is 5.70. The van der Waals surface area contributed by atoms with Crippen LogP contribution in [0.4, 0.5) is 0 Å². The highest BCUT2D eigenvalue weighted by atomic mass is 35.5. The van der Waals surface area contributed by atoms with Gasteiger partial charge in [-0.15, -0.1) is 0 Å². The molecule has 0 aliphatic heterocycles. The molecule has 0 spiro atoms. The molecule has 1 aromatic rings. The Morgan fingerprint density at radius 1 is 1.25 bits per heavy atom. The van der Waals surface area contributed by atoms with Gasteiger partial charge in [-0.1, -0.05) is 43.0 Å². The van der Waals surface area contributed by atoms with Gasteiger partial charge in [-0.3, -0.25) is 0 Å². The maximum absolute atomic E-state index is 9.77. The summed E-state index contributed by atoms with van der Waals surface area (Å²) < 4.78 is 0. The van der Waals surface area contributed by atoms with Gasteiger partial charge in [-0.25, -0.2) is 0 Å². The lowest BCUT2D eigenvalue weighted by molar-refractivity contribution is 0.141. The van der Waals surface area contributed by atoms with Crippen molar-refractivity contribution in [2.75, 3.05) is 0 Å². The summed E-state index contributed by atoms with van der Waals surface area (Å²) in [5, 5.41) is 10.6. The Morgan fingerprint density at radius 3 is 2.88 bits per heavy atom. The average Bonchev–Trinajstić information content (AvgIpc) is 2.43. The first-order valence-electron chi connectivity index (χ1n) is 6.16. The topological polar surface area (TPSA) is 20.2 Å². The fourth-order valence-corrected chi connectivity index (χ4v) is 2.83. The lowest BCUT2D eigenvalue weighted by Crippen LogP contribution is -2.12. The van der Waals surface area contributed by atoms with Crippen molar-refractivity contribution in [3.05, 3.63) is 34.9 Å². The first kappa shape index (κ1) is 11.9. The van der Waals surface area contributed by atoms with E-state index < -0.39 is 0 Å². The largest absolute Gasteiger partial charge is 0.393 e. The monoisotopic (exact) mass is 238 g/mol. The van der Waals surface area contributed by atoms with E-state index >= 15 is 0 Å². The van der Waals surface area contributed by atoms with E-state index in [4.69, 9.17) is 11.6 Å². The Kier molecular flexibility index (Phi) is 4.25. The molecule has 2 atom stereocenters. The van der Waals surface area contributed by atoms with Crippen molar-refractivity contribution < 1.29 is 5.11 Å². The lowest BCUT2D eigenvalue weighted by Gasteiger charge is -2.16. The Balaban J connectivity index is 1.97. The molecule has 1 nitrogen and oxygen atoms in total. The van der Waals surface area contributed by atoms with Gasteiger partial charge in [0, 0.05) is 5.02 Å². The first-order chi connectivity index (χ1) is 7.74. The van der Waals surface area contributed by atoms with E-state index in [0.29, 0.717) is 5.92 Å². The van der Waals surface area contributed by atoms with Crippen LogP contribution in [-0.4, -0.2) is 11.2 Å². The molecule has 0 amide bonds. The molecule has 0 bridgehead atoms. The standard InChI is InChI=1S/C14H19ClO/c15-13-6-3-5-11(9-13)8-12-4-1-2-7-14(16)10-12/h3,5-6,9,12,14,16H,1-2,4,7-8,10H2. The van der Waals surface area contributed by atoms with E-state index in [1.165, 1.54) is 24.8 Å². The highest BCUT2D eigenvalue weighted by molar-refractivity contribution is 6.30. The summed E-state index contributed by atoms with van der Waals surface area (Å²) in [7, 11) is 0. The summed E-state index contributed by atoms with van der Waals surface area (Å²) in [5.41, 5.74) is 1.30. The van der Waals surface area contributed by atoms with Crippen LogP contribution < -0.4 is 0 Å². The molecule has 2 rings (SSSR count). The predicted molar refractivity (Wildman–Crippen MR) is 67.7 cm³/mol. The van der Waals surface area contributed by atoms with Gasteiger partial charge in [0.2, 0.25) is 0 Å². The van der Waals surface area contributed by atoms with Crippen LogP contribution in [0.1, 0.15) is 37.7 Å². The van der Waals surface area contributed by atoms with Crippen molar-refractivity contribution >= 4 is 11.6 Å². The van der Waals surface area contributed by atoms with Crippen molar-refractivity contribution in [2.45, 2.75) is 44.6 Å². The molecule has 1 aromatic carbocycles. The number of rotatable bonds is 2. The predicted octanol–water partition coefficient (Wildman–Crippen LogP) is 3.82. The van der Waals surface area contributed by atoms with Gasteiger partial charge >= 0.3 is 0 Å². The number of hydrogen-bond donors (Lipinski definition) is 1. The molecule has 2 unspecified atom stereocenters. The third-order valence-electron chi connectivity index (χ3n) is 3.42. The molecule has 16 heavy (non-hydrogen) atoms. The smallest absolute Gasteiger partial charge is 0.0543 e. The molecule has 0 saturated heterocycles. The third kappa shape index (κ3) is 3.50.